The molecule has 1 saturated heterocycles. The Bertz CT molecular complexity index is 808. The summed E-state index contributed by atoms with van der Waals surface area (Å²) in [6.07, 6.45) is 5.49. The summed E-state index contributed by atoms with van der Waals surface area (Å²) in [6.45, 7) is 3.75. The standard InChI is InChI=1S/C23H27NO4/c1-27-20-11-9-18(10-12-20)21(23(25)26)17-19-7-3-4-8-22(19)28-16-15-24-13-5-2-6-14-24/h3-4,7-12,17H,2,5-6,13-16H2,1H3,(H,25,26)/b21-17-. The highest BCUT2D eigenvalue weighted by Crippen LogP contribution is 2.26. The molecule has 0 unspecified atom stereocenters. The molecule has 1 aliphatic rings. The molecule has 0 saturated carbocycles. The van der Waals surface area contributed by atoms with Crippen LogP contribution >= 0.6 is 0 Å². The summed E-state index contributed by atoms with van der Waals surface area (Å²) in [5.74, 6) is 0.412. The van der Waals surface area contributed by atoms with Gasteiger partial charge < -0.3 is 14.6 Å². The maximum Gasteiger partial charge on any atom is 0.336 e. The summed E-state index contributed by atoms with van der Waals surface area (Å²) >= 11 is 0. The number of likely N-dealkylation sites (tertiary alicyclic amines) is 1. The Labute approximate surface area is 166 Å². The number of carboxylic acid groups (broad SMARTS) is 1. The maximum atomic E-state index is 11.8. The molecule has 1 N–H and O–H groups in total. The second kappa shape index (κ2) is 9.95. The van der Waals surface area contributed by atoms with E-state index in [1.807, 2.05) is 24.3 Å². The normalized spacial score (nSPS) is 15.2. The molecule has 0 radical (unpaired) electrons. The lowest BCUT2D eigenvalue weighted by Gasteiger charge is -2.26. The van der Waals surface area contributed by atoms with Crippen LogP contribution in [-0.4, -0.2) is 49.3 Å². The van der Waals surface area contributed by atoms with Crippen LogP contribution in [0.2, 0.25) is 0 Å². The van der Waals surface area contributed by atoms with E-state index in [0.717, 1.165) is 25.2 Å². The third-order valence-electron chi connectivity index (χ3n) is 4.96. The van der Waals surface area contributed by atoms with Gasteiger partial charge in [0.15, 0.2) is 0 Å². The molecule has 0 atom stereocenters. The zero-order chi connectivity index (χ0) is 19.8. The quantitative estimate of drug-likeness (QED) is 0.549. The van der Waals surface area contributed by atoms with Crippen LogP contribution in [-0.2, 0) is 4.79 Å². The van der Waals surface area contributed by atoms with Gasteiger partial charge in [0.2, 0.25) is 0 Å². The first-order chi connectivity index (χ1) is 13.7. The monoisotopic (exact) mass is 381 g/mol. The molecule has 2 aromatic carbocycles. The van der Waals surface area contributed by atoms with E-state index in [2.05, 4.69) is 4.90 Å². The van der Waals surface area contributed by atoms with Crippen LogP contribution in [0, 0.1) is 0 Å². The lowest BCUT2D eigenvalue weighted by molar-refractivity contribution is -0.130. The fourth-order valence-electron chi connectivity index (χ4n) is 3.39. The van der Waals surface area contributed by atoms with Gasteiger partial charge in [0.25, 0.3) is 0 Å². The Kier molecular flexibility index (Phi) is 7.09. The predicted molar refractivity (Wildman–Crippen MR) is 111 cm³/mol. The number of hydrogen-bond acceptors (Lipinski definition) is 4. The Morgan fingerprint density at radius 1 is 1.07 bits per heavy atom. The third kappa shape index (κ3) is 5.36. The highest BCUT2D eigenvalue weighted by atomic mass is 16.5. The van der Waals surface area contributed by atoms with Crippen molar-refractivity contribution in [3.8, 4) is 11.5 Å². The van der Waals surface area contributed by atoms with Gasteiger partial charge in [0.1, 0.15) is 18.1 Å². The summed E-state index contributed by atoms with van der Waals surface area (Å²) in [4.78, 5) is 14.3. The molecule has 3 rings (SSSR count). The number of hydrogen-bond donors (Lipinski definition) is 1. The number of methoxy groups -OCH3 is 1. The van der Waals surface area contributed by atoms with E-state index in [-0.39, 0.29) is 5.57 Å². The number of piperidine rings is 1. The van der Waals surface area contributed by atoms with Crippen molar-refractivity contribution in [2.24, 2.45) is 0 Å². The number of benzene rings is 2. The molecule has 5 heteroatoms. The molecule has 0 aliphatic carbocycles. The average Bonchev–Trinajstić information content (AvgIpc) is 2.73. The van der Waals surface area contributed by atoms with Gasteiger partial charge in [-0.15, -0.1) is 0 Å². The van der Waals surface area contributed by atoms with Crippen LogP contribution in [0.3, 0.4) is 0 Å². The molecule has 0 amide bonds. The Balaban J connectivity index is 1.75. The Morgan fingerprint density at radius 3 is 2.46 bits per heavy atom. The van der Waals surface area contributed by atoms with Gasteiger partial charge in [0, 0.05) is 12.1 Å². The van der Waals surface area contributed by atoms with Crippen LogP contribution in [0.5, 0.6) is 11.5 Å². The van der Waals surface area contributed by atoms with Crippen molar-refractivity contribution in [2.75, 3.05) is 33.4 Å². The second-order valence-corrected chi connectivity index (χ2v) is 6.88. The number of ether oxygens (including phenoxy) is 2. The van der Waals surface area contributed by atoms with Gasteiger partial charge in [-0.25, -0.2) is 4.79 Å². The van der Waals surface area contributed by atoms with Crippen LogP contribution in [0.15, 0.2) is 48.5 Å². The van der Waals surface area contributed by atoms with Crippen molar-refractivity contribution < 1.29 is 19.4 Å². The smallest absolute Gasteiger partial charge is 0.336 e. The minimum absolute atomic E-state index is 0.217. The van der Waals surface area contributed by atoms with E-state index in [9.17, 15) is 9.90 Å². The van der Waals surface area contributed by atoms with Crippen LogP contribution in [0.4, 0.5) is 0 Å². The largest absolute Gasteiger partial charge is 0.497 e. The summed E-state index contributed by atoms with van der Waals surface area (Å²) in [6, 6.07) is 14.6. The van der Waals surface area contributed by atoms with E-state index in [1.54, 1.807) is 37.5 Å². The predicted octanol–water partition coefficient (Wildman–Crippen LogP) is 4.19. The Morgan fingerprint density at radius 2 is 1.79 bits per heavy atom. The lowest BCUT2D eigenvalue weighted by Crippen LogP contribution is -2.33. The molecule has 0 bridgehead atoms. The number of rotatable bonds is 8. The highest BCUT2D eigenvalue weighted by molar-refractivity contribution is 6.20. The Hall–Kier alpha value is -2.79. The summed E-state index contributed by atoms with van der Waals surface area (Å²) in [5.41, 5.74) is 1.60. The molecule has 0 aromatic heterocycles. The molecule has 28 heavy (non-hydrogen) atoms. The average molecular weight is 381 g/mol. The molecular formula is C23H27NO4. The molecule has 0 spiro atoms. The van der Waals surface area contributed by atoms with Crippen molar-refractivity contribution in [1.82, 2.24) is 4.90 Å². The first-order valence-electron chi connectivity index (χ1n) is 9.71. The molecule has 1 heterocycles. The van der Waals surface area contributed by atoms with E-state index in [1.165, 1.54) is 19.3 Å². The number of carboxylic acids is 1. The molecule has 1 aliphatic heterocycles. The van der Waals surface area contributed by atoms with Crippen molar-refractivity contribution in [3.05, 3.63) is 59.7 Å². The van der Waals surface area contributed by atoms with Crippen molar-refractivity contribution >= 4 is 17.6 Å². The van der Waals surface area contributed by atoms with Gasteiger partial charge in [-0.1, -0.05) is 36.8 Å². The first-order valence-corrected chi connectivity index (χ1v) is 9.71. The molecule has 2 aromatic rings. The highest BCUT2D eigenvalue weighted by Gasteiger charge is 2.13. The molecule has 5 nitrogen and oxygen atoms in total. The van der Waals surface area contributed by atoms with Gasteiger partial charge in [0.05, 0.1) is 12.7 Å². The summed E-state index contributed by atoms with van der Waals surface area (Å²) < 4.78 is 11.1. The van der Waals surface area contributed by atoms with E-state index in [0.29, 0.717) is 23.7 Å². The fourth-order valence-corrected chi connectivity index (χ4v) is 3.39. The fraction of sp³-hybridized carbons (Fsp3) is 0.348. The number of nitrogens with zero attached hydrogens (tertiary/aromatic N) is 1. The zero-order valence-corrected chi connectivity index (χ0v) is 16.3. The van der Waals surface area contributed by atoms with Gasteiger partial charge in [-0.3, -0.25) is 4.90 Å². The van der Waals surface area contributed by atoms with Crippen molar-refractivity contribution in [2.45, 2.75) is 19.3 Å². The maximum absolute atomic E-state index is 11.8. The van der Waals surface area contributed by atoms with E-state index in [4.69, 9.17) is 9.47 Å². The minimum atomic E-state index is -0.978. The third-order valence-corrected chi connectivity index (χ3v) is 4.96. The SMILES string of the molecule is COc1ccc(/C(=C/c2ccccc2OCCN2CCCCC2)C(=O)O)cc1. The van der Waals surface area contributed by atoms with E-state index >= 15 is 0 Å². The molecule has 148 valence electrons. The van der Waals surface area contributed by atoms with Crippen LogP contribution in [0.1, 0.15) is 30.4 Å². The first kappa shape index (κ1) is 20.0. The topological polar surface area (TPSA) is 59.0 Å². The number of para-hydroxylation sites is 1. The second-order valence-electron chi connectivity index (χ2n) is 6.88. The van der Waals surface area contributed by atoms with Crippen molar-refractivity contribution in [1.29, 1.82) is 0 Å². The van der Waals surface area contributed by atoms with Gasteiger partial charge >= 0.3 is 5.97 Å². The van der Waals surface area contributed by atoms with E-state index < -0.39 is 5.97 Å². The van der Waals surface area contributed by atoms with Crippen molar-refractivity contribution in [3.63, 3.8) is 0 Å². The number of aliphatic carboxylic acids is 1. The minimum Gasteiger partial charge on any atom is -0.497 e. The van der Waals surface area contributed by atoms with Crippen LogP contribution < -0.4 is 9.47 Å². The molecular weight excluding hydrogens is 354 g/mol. The van der Waals surface area contributed by atoms with Gasteiger partial charge in [-0.2, -0.15) is 0 Å². The van der Waals surface area contributed by atoms with Crippen LogP contribution in [0.25, 0.3) is 11.6 Å². The zero-order valence-electron chi connectivity index (χ0n) is 16.3. The lowest BCUT2D eigenvalue weighted by atomic mass is 10.0. The summed E-state index contributed by atoms with van der Waals surface area (Å²) in [5, 5.41) is 9.70. The van der Waals surface area contributed by atoms with Gasteiger partial charge in [-0.05, 0) is 55.8 Å². The molecule has 1 fully saturated rings. The number of carbonyl (C=O) groups is 1. The summed E-state index contributed by atoms with van der Waals surface area (Å²) in [7, 11) is 1.58.